The highest BCUT2D eigenvalue weighted by Gasteiger charge is 2.02. The van der Waals surface area contributed by atoms with E-state index in [-0.39, 0.29) is 5.82 Å². The Bertz CT molecular complexity index is 572. The molecule has 0 unspecified atom stereocenters. The minimum Gasteiger partial charge on any atom is -0.489 e. The van der Waals surface area contributed by atoms with Crippen LogP contribution in [0.1, 0.15) is 24.5 Å². The van der Waals surface area contributed by atoms with Crippen molar-refractivity contribution in [3.05, 3.63) is 53.5 Å². The number of aryl methyl sites for hydroxylation is 1. The standard InChI is InChI=1S/C16H19FN2O/c1-3-7-18-16-10-13(6-8-19-16)11-20-15-5-4-14(17)9-12(15)2/h4-6,8-10H,3,7,11H2,1-2H3,(H,18,19). The van der Waals surface area contributed by atoms with E-state index in [1.807, 2.05) is 19.1 Å². The van der Waals surface area contributed by atoms with E-state index >= 15 is 0 Å². The number of rotatable bonds is 6. The molecule has 4 heteroatoms. The molecule has 2 aromatic rings. The molecular formula is C16H19FN2O. The first kappa shape index (κ1) is 14.3. The summed E-state index contributed by atoms with van der Waals surface area (Å²) in [4.78, 5) is 4.24. The first-order valence-electron chi connectivity index (χ1n) is 6.77. The van der Waals surface area contributed by atoms with Gasteiger partial charge in [-0.25, -0.2) is 9.37 Å². The summed E-state index contributed by atoms with van der Waals surface area (Å²) >= 11 is 0. The van der Waals surface area contributed by atoms with E-state index in [4.69, 9.17) is 4.74 Å². The van der Waals surface area contributed by atoms with E-state index in [0.29, 0.717) is 12.4 Å². The van der Waals surface area contributed by atoms with Crippen LogP contribution in [0.2, 0.25) is 0 Å². The molecule has 0 saturated heterocycles. The van der Waals surface area contributed by atoms with Crippen molar-refractivity contribution in [1.29, 1.82) is 0 Å². The average Bonchev–Trinajstić information content (AvgIpc) is 2.45. The number of pyridine rings is 1. The van der Waals surface area contributed by atoms with E-state index in [9.17, 15) is 4.39 Å². The van der Waals surface area contributed by atoms with Crippen LogP contribution in [0.4, 0.5) is 10.2 Å². The Hall–Kier alpha value is -2.10. The SMILES string of the molecule is CCCNc1cc(COc2ccc(F)cc2C)ccn1. The maximum absolute atomic E-state index is 13.0. The molecule has 0 atom stereocenters. The number of benzene rings is 1. The first-order valence-corrected chi connectivity index (χ1v) is 6.77. The molecule has 0 bridgehead atoms. The lowest BCUT2D eigenvalue weighted by atomic mass is 10.2. The van der Waals surface area contributed by atoms with Gasteiger partial charge in [0.15, 0.2) is 0 Å². The lowest BCUT2D eigenvalue weighted by Crippen LogP contribution is -2.03. The van der Waals surface area contributed by atoms with Crippen molar-refractivity contribution in [3.63, 3.8) is 0 Å². The molecule has 1 aromatic heterocycles. The fraction of sp³-hybridized carbons (Fsp3) is 0.312. The molecule has 0 aliphatic carbocycles. The number of nitrogens with one attached hydrogen (secondary N) is 1. The number of ether oxygens (including phenoxy) is 1. The van der Waals surface area contributed by atoms with E-state index in [1.165, 1.54) is 12.1 Å². The van der Waals surface area contributed by atoms with Gasteiger partial charge in [-0.05, 0) is 54.8 Å². The first-order chi connectivity index (χ1) is 9.69. The van der Waals surface area contributed by atoms with Crippen LogP contribution in [0, 0.1) is 12.7 Å². The number of halogens is 1. The highest BCUT2D eigenvalue weighted by Crippen LogP contribution is 2.20. The summed E-state index contributed by atoms with van der Waals surface area (Å²) < 4.78 is 18.7. The van der Waals surface area contributed by atoms with Crippen molar-refractivity contribution >= 4 is 5.82 Å². The Balaban J connectivity index is 1.99. The third kappa shape index (κ3) is 3.95. The van der Waals surface area contributed by atoms with Gasteiger partial charge in [-0.1, -0.05) is 6.92 Å². The summed E-state index contributed by atoms with van der Waals surface area (Å²) in [6, 6.07) is 8.41. The van der Waals surface area contributed by atoms with Crippen molar-refractivity contribution < 1.29 is 9.13 Å². The van der Waals surface area contributed by atoms with Gasteiger partial charge >= 0.3 is 0 Å². The van der Waals surface area contributed by atoms with Gasteiger partial charge in [-0.2, -0.15) is 0 Å². The van der Waals surface area contributed by atoms with Crippen LogP contribution in [0.15, 0.2) is 36.5 Å². The number of hydrogen-bond donors (Lipinski definition) is 1. The zero-order valence-corrected chi connectivity index (χ0v) is 11.8. The van der Waals surface area contributed by atoms with Gasteiger partial charge in [0.1, 0.15) is 24.0 Å². The van der Waals surface area contributed by atoms with E-state index in [2.05, 4.69) is 17.2 Å². The smallest absolute Gasteiger partial charge is 0.126 e. The molecule has 0 fully saturated rings. The summed E-state index contributed by atoms with van der Waals surface area (Å²) in [5.74, 6) is 1.31. The molecule has 0 aliphatic rings. The Morgan fingerprint density at radius 1 is 1.25 bits per heavy atom. The van der Waals surface area contributed by atoms with Crippen molar-refractivity contribution in [1.82, 2.24) is 4.98 Å². The molecule has 0 amide bonds. The predicted molar refractivity (Wildman–Crippen MR) is 78.5 cm³/mol. The summed E-state index contributed by atoms with van der Waals surface area (Å²) in [6.07, 6.45) is 2.81. The Labute approximate surface area is 118 Å². The summed E-state index contributed by atoms with van der Waals surface area (Å²) in [5, 5.41) is 3.24. The zero-order valence-electron chi connectivity index (χ0n) is 11.8. The number of nitrogens with zero attached hydrogens (tertiary/aromatic N) is 1. The molecule has 0 saturated carbocycles. The van der Waals surface area contributed by atoms with Crippen molar-refractivity contribution in [2.24, 2.45) is 0 Å². The highest BCUT2D eigenvalue weighted by molar-refractivity contribution is 5.38. The van der Waals surface area contributed by atoms with E-state index in [0.717, 1.165) is 29.9 Å². The van der Waals surface area contributed by atoms with Gasteiger partial charge in [0, 0.05) is 12.7 Å². The summed E-state index contributed by atoms with van der Waals surface area (Å²) in [6.45, 7) is 5.28. The maximum atomic E-state index is 13.0. The fourth-order valence-corrected chi connectivity index (χ4v) is 1.85. The van der Waals surface area contributed by atoms with Crippen LogP contribution in [0.5, 0.6) is 5.75 Å². The van der Waals surface area contributed by atoms with Crippen molar-refractivity contribution in [3.8, 4) is 5.75 Å². The number of hydrogen-bond acceptors (Lipinski definition) is 3. The zero-order chi connectivity index (χ0) is 14.4. The van der Waals surface area contributed by atoms with Crippen LogP contribution in [0.25, 0.3) is 0 Å². The molecule has 106 valence electrons. The molecule has 2 rings (SSSR count). The summed E-state index contributed by atoms with van der Waals surface area (Å²) in [7, 11) is 0. The van der Waals surface area contributed by atoms with E-state index < -0.39 is 0 Å². The van der Waals surface area contributed by atoms with Crippen LogP contribution >= 0.6 is 0 Å². The maximum Gasteiger partial charge on any atom is 0.126 e. The van der Waals surface area contributed by atoms with Gasteiger partial charge in [0.25, 0.3) is 0 Å². The van der Waals surface area contributed by atoms with Gasteiger partial charge in [0.05, 0.1) is 0 Å². The predicted octanol–water partition coefficient (Wildman–Crippen LogP) is 3.93. The molecule has 1 aromatic carbocycles. The fourth-order valence-electron chi connectivity index (χ4n) is 1.85. The highest BCUT2D eigenvalue weighted by atomic mass is 19.1. The lowest BCUT2D eigenvalue weighted by Gasteiger charge is -2.10. The van der Waals surface area contributed by atoms with Gasteiger partial charge < -0.3 is 10.1 Å². The Morgan fingerprint density at radius 2 is 2.10 bits per heavy atom. The second-order valence-corrected chi connectivity index (χ2v) is 4.67. The molecular weight excluding hydrogens is 255 g/mol. The quantitative estimate of drug-likeness (QED) is 0.866. The number of anilines is 1. The Morgan fingerprint density at radius 3 is 2.85 bits per heavy atom. The van der Waals surface area contributed by atoms with Crippen LogP contribution in [-0.4, -0.2) is 11.5 Å². The molecule has 1 heterocycles. The van der Waals surface area contributed by atoms with Crippen LogP contribution in [-0.2, 0) is 6.61 Å². The minimum atomic E-state index is -0.246. The topological polar surface area (TPSA) is 34.1 Å². The van der Waals surface area contributed by atoms with Crippen molar-refractivity contribution in [2.75, 3.05) is 11.9 Å². The largest absolute Gasteiger partial charge is 0.489 e. The second-order valence-electron chi connectivity index (χ2n) is 4.67. The van der Waals surface area contributed by atoms with Gasteiger partial charge in [-0.15, -0.1) is 0 Å². The Kier molecular flexibility index (Phi) is 4.93. The second kappa shape index (κ2) is 6.89. The van der Waals surface area contributed by atoms with Crippen molar-refractivity contribution in [2.45, 2.75) is 26.9 Å². The summed E-state index contributed by atoms with van der Waals surface area (Å²) in [5.41, 5.74) is 1.82. The van der Waals surface area contributed by atoms with Crippen LogP contribution < -0.4 is 10.1 Å². The van der Waals surface area contributed by atoms with Gasteiger partial charge in [0.2, 0.25) is 0 Å². The molecule has 0 spiro atoms. The minimum absolute atomic E-state index is 0.246. The lowest BCUT2D eigenvalue weighted by molar-refractivity contribution is 0.303. The molecule has 0 aliphatic heterocycles. The molecule has 20 heavy (non-hydrogen) atoms. The average molecular weight is 274 g/mol. The molecule has 0 radical (unpaired) electrons. The third-order valence-electron chi connectivity index (χ3n) is 2.91. The van der Waals surface area contributed by atoms with Gasteiger partial charge in [-0.3, -0.25) is 0 Å². The third-order valence-corrected chi connectivity index (χ3v) is 2.91. The normalized spacial score (nSPS) is 10.3. The number of aromatic nitrogens is 1. The monoisotopic (exact) mass is 274 g/mol. The van der Waals surface area contributed by atoms with E-state index in [1.54, 1.807) is 12.3 Å². The molecule has 1 N–H and O–H groups in total. The molecule has 3 nitrogen and oxygen atoms in total. The van der Waals surface area contributed by atoms with Crippen LogP contribution in [0.3, 0.4) is 0 Å².